The molecule has 0 saturated heterocycles. The van der Waals surface area contributed by atoms with Gasteiger partial charge >= 0.3 is 0 Å². The number of hydrogen-bond donors (Lipinski definition) is 1. The lowest BCUT2D eigenvalue weighted by Crippen LogP contribution is -2.36. The number of nitrogens with zero attached hydrogens (tertiary/aromatic N) is 1. The van der Waals surface area contributed by atoms with Gasteiger partial charge in [-0.05, 0) is 43.2 Å². The van der Waals surface area contributed by atoms with Gasteiger partial charge < -0.3 is 10.6 Å². The third-order valence-corrected chi connectivity index (χ3v) is 3.27. The Morgan fingerprint density at radius 2 is 1.72 bits per heavy atom. The van der Waals surface area contributed by atoms with Gasteiger partial charge in [-0.1, -0.05) is 30.3 Å². The summed E-state index contributed by atoms with van der Waals surface area (Å²) >= 11 is 0. The Balaban J connectivity index is 2.15. The molecular formula is C16H22N2. The Morgan fingerprint density at radius 3 is 2.39 bits per heavy atom. The van der Waals surface area contributed by atoms with Gasteiger partial charge in [-0.15, -0.1) is 0 Å². The maximum absolute atomic E-state index is 6.03. The molecule has 2 aromatic carbocycles. The Kier molecular flexibility index (Phi) is 3.58. The van der Waals surface area contributed by atoms with E-state index in [0.717, 1.165) is 13.0 Å². The van der Waals surface area contributed by atoms with Crippen molar-refractivity contribution in [1.82, 2.24) is 0 Å². The zero-order chi connectivity index (χ0) is 13.2. The smallest absolute Gasteiger partial charge is 0.0370 e. The highest BCUT2D eigenvalue weighted by molar-refractivity contribution is 5.85. The van der Waals surface area contributed by atoms with Gasteiger partial charge in [0.25, 0.3) is 0 Å². The molecule has 0 saturated carbocycles. The molecule has 2 rings (SSSR count). The molecule has 0 unspecified atom stereocenters. The van der Waals surface area contributed by atoms with Crippen LogP contribution in [0.2, 0.25) is 0 Å². The molecule has 0 bridgehead atoms. The van der Waals surface area contributed by atoms with E-state index in [0.29, 0.717) is 0 Å². The first-order chi connectivity index (χ1) is 8.46. The van der Waals surface area contributed by atoms with Crippen molar-refractivity contribution in [3.63, 3.8) is 0 Å². The molecule has 0 aliphatic carbocycles. The third kappa shape index (κ3) is 3.23. The molecule has 2 heteroatoms. The second-order valence-corrected chi connectivity index (χ2v) is 5.69. The van der Waals surface area contributed by atoms with Gasteiger partial charge in [-0.25, -0.2) is 0 Å². The van der Waals surface area contributed by atoms with E-state index in [2.05, 4.69) is 68.3 Å². The Hall–Kier alpha value is -1.54. The highest BCUT2D eigenvalue weighted by Gasteiger charge is 2.12. The van der Waals surface area contributed by atoms with Crippen LogP contribution in [0.15, 0.2) is 42.5 Å². The van der Waals surface area contributed by atoms with Gasteiger partial charge in [-0.3, -0.25) is 0 Å². The number of benzene rings is 2. The molecule has 0 heterocycles. The molecule has 0 aliphatic rings. The largest absolute Gasteiger partial charge is 0.375 e. The highest BCUT2D eigenvalue weighted by atomic mass is 15.1. The minimum Gasteiger partial charge on any atom is -0.375 e. The monoisotopic (exact) mass is 242 g/mol. The maximum atomic E-state index is 6.03. The molecule has 0 amide bonds. The zero-order valence-corrected chi connectivity index (χ0v) is 11.5. The first-order valence-corrected chi connectivity index (χ1v) is 6.44. The number of fused-ring (bicyclic) bond motifs is 1. The first-order valence-electron chi connectivity index (χ1n) is 6.44. The summed E-state index contributed by atoms with van der Waals surface area (Å²) in [5, 5.41) is 2.57. The van der Waals surface area contributed by atoms with E-state index < -0.39 is 0 Å². The predicted octanol–water partition coefficient (Wildman–Crippen LogP) is 3.40. The third-order valence-electron chi connectivity index (χ3n) is 3.27. The second-order valence-electron chi connectivity index (χ2n) is 5.69. The van der Waals surface area contributed by atoms with E-state index in [9.17, 15) is 0 Å². The summed E-state index contributed by atoms with van der Waals surface area (Å²) in [5.74, 6) is 0. The van der Waals surface area contributed by atoms with Crippen LogP contribution in [0.5, 0.6) is 0 Å². The minimum atomic E-state index is -0.106. The molecule has 0 spiro atoms. The van der Waals surface area contributed by atoms with Crippen LogP contribution in [0.25, 0.3) is 10.8 Å². The van der Waals surface area contributed by atoms with Crippen LogP contribution >= 0.6 is 0 Å². The number of anilines is 1. The fourth-order valence-corrected chi connectivity index (χ4v) is 2.00. The molecule has 2 N–H and O–H groups in total. The molecule has 0 aromatic heterocycles. The summed E-state index contributed by atoms with van der Waals surface area (Å²) in [7, 11) is 2.12. The number of hydrogen-bond acceptors (Lipinski definition) is 2. The molecule has 96 valence electrons. The second kappa shape index (κ2) is 4.99. The fourth-order valence-electron chi connectivity index (χ4n) is 2.00. The van der Waals surface area contributed by atoms with Gasteiger partial charge in [0.05, 0.1) is 0 Å². The van der Waals surface area contributed by atoms with Crippen molar-refractivity contribution in [1.29, 1.82) is 0 Å². The van der Waals surface area contributed by atoms with Crippen LogP contribution in [0, 0.1) is 0 Å². The van der Waals surface area contributed by atoms with Crippen molar-refractivity contribution >= 4 is 16.5 Å². The standard InChI is InChI=1S/C16H22N2/c1-16(2,17)10-11-18(3)15-9-8-13-6-4-5-7-14(13)12-15/h4-9,12H,10-11,17H2,1-3H3. The lowest BCUT2D eigenvalue weighted by molar-refractivity contribution is 0.479. The van der Waals surface area contributed by atoms with Crippen molar-refractivity contribution < 1.29 is 0 Å². The van der Waals surface area contributed by atoms with Crippen molar-refractivity contribution in [3.05, 3.63) is 42.5 Å². The summed E-state index contributed by atoms with van der Waals surface area (Å²) in [5.41, 5.74) is 7.17. The summed E-state index contributed by atoms with van der Waals surface area (Å²) in [6.07, 6.45) is 0.982. The van der Waals surface area contributed by atoms with E-state index in [4.69, 9.17) is 5.73 Å². The highest BCUT2D eigenvalue weighted by Crippen LogP contribution is 2.21. The predicted molar refractivity (Wildman–Crippen MR) is 80.1 cm³/mol. The molecule has 0 aliphatic heterocycles. The number of nitrogens with two attached hydrogens (primary N) is 1. The molecule has 18 heavy (non-hydrogen) atoms. The molecule has 0 atom stereocenters. The van der Waals surface area contributed by atoms with Crippen LogP contribution in [0.4, 0.5) is 5.69 Å². The van der Waals surface area contributed by atoms with Crippen LogP contribution in [0.3, 0.4) is 0 Å². The fraction of sp³-hybridized carbons (Fsp3) is 0.375. The molecular weight excluding hydrogens is 220 g/mol. The summed E-state index contributed by atoms with van der Waals surface area (Å²) < 4.78 is 0. The Bertz CT molecular complexity index is 526. The quantitative estimate of drug-likeness (QED) is 0.890. The Morgan fingerprint density at radius 1 is 1.06 bits per heavy atom. The van der Waals surface area contributed by atoms with Crippen LogP contribution in [-0.2, 0) is 0 Å². The van der Waals surface area contributed by atoms with E-state index >= 15 is 0 Å². The normalized spacial score (nSPS) is 11.8. The molecule has 2 aromatic rings. The summed E-state index contributed by atoms with van der Waals surface area (Å²) in [6.45, 7) is 5.12. The topological polar surface area (TPSA) is 29.3 Å². The lowest BCUT2D eigenvalue weighted by atomic mass is 10.0. The van der Waals surface area contributed by atoms with Crippen molar-refractivity contribution in [2.45, 2.75) is 25.8 Å². The van der Waals surface area contributed by atoms with Gasteiger partial charge in [0.15, 0.2) is 0 Å². The average molecular weight is 242 g/mol. The van der Waals surface area contributed by atoms with Gasteiger partial charge in [0, 0.05) is 24.8 Å². The maximum Gasteiger partial charge on any atom is 0.0370 e. The lowest BCUT2D eigenvalue weighted by Gasteiger charge is -2.25. The zero-order valence-electron chi connectivity index (χ0n) is 11.5. The van der Waals surface area contributed by atoms with Crippen LogP contribution in [0.1, 0.15) is 20.3 Å². The minimum absolute atomic E-state index is 0.106. The van der Waals surface area contributed by atoms with E-state index in [-0.39, 0.29) is 5.54 Å². The van der Waals surface area contributed by atoms with Gasteiger partial charge in [-0.2, -0.15) is 0 Å². The SMILES string of the molecule is CN(CCC(C)(C)N)c1ccc2ccccc2c1. The molecule has 0 radical (unpaired) electrons. The summed E-state index contributed by atoms with van der Waals surface area (Å²) in [6, 6.07) is 15.0. The molecule has 2 nitrogen and oxygen atoms in total. The van der Waals surface area contributed by atoms with Crippen LogP contribution < -0.4 is 10.6 Å². The first kappa shape index (κ1) is 12.9. The van der Waals surface area contributed by atoms with E-state index in [1.54, 1.807) is 0 Å². The number of rotatable bonds is 4. The van der Waals surface area contributed by atoms with Crippen molar-refractivity contribution in [2.75, 3.05) is 18.5 Å². The van der Waals surface area contributed by atoms with E-state index in [1.807, 2.05) is 0 Å². The van der Waals surface area contributed by atoms with Gasteiger partial charge in [0.2, 0.25) is 0 Å². The Labute approximate surface area is 109 Å². The molecule has 0 fully saturated rings. The van der Waals surface area contributed by atoms with Crippen LogP contribution in [-0.4, -0.2) is 19.1 Å². The van der Waals surface area contributed by atoms with E-state index in [1.165, 1.54) is 16.5 Å². The van der Waals surface area contributed by atoms with Gasteiger partial charge in [0.1, 0.15) is 0 Å². The summed E-state index contributed by atoms with van der Waals surface area (Å²) in [4.78, 5) is 2.26. The van der Waals surface area contributed by atoms with Crippen molar-refractivity contribution in [2.24, 2.45) is 5.73 Å². The van der Waals surface area contributed by atoms with Crippen molar-refractivity contribution in [3.8, 4) is 0 Å². The average Bonchev–Trinajstić information content (AvgIpc) is 2.34.